The lowest BCUT2D eigenvalue weighted by Gasteiger charge is -2.21. The molecule has 0 aliphatic rings. The number of aromatic nitrogens is 1. The van der Waals surface area contributed by atoms with Gasteiger partial charge in [-0.05, 0) is 44.2 Å². The van der Waals surface area contributed by atoms with Gasteiger partial charge in [0.05, 0.1) is 0 Å². The maximum Gasteiger partial charge on any atom is 0.276 e. The molecule has 0 saturated heterocycles. The minimum Gasteiger partial charge on any atom is -0.370 e. The number of nitrogens with zero attached hydrogens (tertiary/aromatic N) is 2. The fourth-order valence-corrected chi connectivity index (χ4v) is 2.06. The van der Waals surface area contributed by atoms with E-state index in [1.807, 2.05) is 13.8 Å². The van der Waals surface area contributed by atoms with Gasteiger partial charge in [0.2, 0.25) is 0 Å². The van der Waals surface area contributed by atoms with Gasteiger partial charge in [-0.25, -0.2) is 9.37 Å². The average Bonchev–Trinajstić information content (AvgIpc) is 2.49. The van der Waals surface area contributed by atoms with Crippen LogP contribution in [0.4, 0.5) is 15.9 Å². The Kier molecular flexibility index (Phi) is 4.87. The van der Waals surface area contributed by atoms with E-state index in [0.29, 0.717) is 23.7 Å². The number of hydrogen-bond acceptors (Lipinski definition) is 3. The molecule has 0 unspecified atom stereocenters. The molecule has 1 heterocycles. The van der Waals surface area contributed by atoms with Crippen molar-refractivity contribution in [2.24, 2.45) is 0 Å². The molecular weight excluding hydrogens is 269 g/mol. The van der Waals surface area contributed by atoms with Crippen LogP contribution in [0.25, 0.3) is 0 Å². The van der Waals surface area contributed by atoms with Crippen molar-refractivity contribution in [2.75, 3.05) is 23.3 Å². The van der Waals surface area contributed by atoms with Crippen LogP contribution in [0.15, 0.2) is 42.5 Å². The van der Waals surface area contributed by atoms with Crippen LogP contribution < -0.4 is 10.2 Å². The molecule has 0 radical (unpaired) electrons. The first-order valence-electron chi connectivity index (χ1n) is 6.94. The molecule has 0 fully saturated rings. The van der Waals surface area contributed by atoms with Crippen LogP contribution in [-0.2, 0) is 0 Å². The molecule has 4 nitrogen and oxygen atoms in total. The Morgan fingerprint density at radius 3 is 2.67 bits per heavy atom. The number of amides is 1. The van der Waals surface area contributed by atoms with Gasteiger partial charge >= 0.3 is 0 Å². The van der Waals surface area contributed by atoms with Crippen molar-refractivity contribution in [3.63, 3.8) is 0 Å². The van der Waals surface area contributed by atoms with Crippen molar-refractivity contribution < 1.29 is 9.18 Å². The van der Waals surface area contributed by atoms with E-state index < -0.39 is 0 Å². The Hall–Kier alpha value is -2.43. The Labute approximate surface area is 123 Å². The lowest BCUT2D eigenvalue weighted by molar-refractivity contribution is 0.0983. The summed E-state index contributed by atoms with van der Waals surface area (Å²) >= 11 is 0. The Balaban J connectivity index is 2.30. The topological polar surface area (TPSA) is 45.2 Å². The highest BCUT2D eigenvalue weighted by Crippen LogP contribution is 2.18. The summed E-state index contributed by atoms with van der Waals surface area (Å²) < 4.78 is 13.3. The van der Waals surface area contributed by atoms with E-state index >= 15 is 0 Å². The van der Waals surface area contributed by atoms with E-state index in [4.69, 9.17) is 0 Å². The average molecular weight is 287 g/mol. The predicted octanol–water partition coefficient (Wildman–Crippen LogP) is 3.32. The number of nitrogens with one attached hydrogen (secondary N) is 1. The Morgan fingerprint density at radius 1 is 1.24 bits per heavy atom. The van der Waals surface area contributed by atoms with Gasteiger partial charge in [-0.1, -0.05) is 12.1 Å². The molecule has 0 atom stereocenters. The number of halogens is 1. The standard InChI is InChI=1S/C16H18FN3O/c1-3-18-15-10-6-9-14(19-15)16(21)20(4-2)13-8-5-7-12(17)11-13/h5-11H,3-4H2,1-2H3,(H,18,19). The van der Waals surface area contributed by atoms with Crippen molar-refractivity contribution in [1.82, 2.24) is 4.98 Å². The molecule has 0 bridgehead atoms. The van der Waals surface area contributed by atoms with Crippen LogP contribution in [0.2, 0.25) is 0 Å². The van der Waals surface area contributed by atoms with Crippen molar-refractivity contribution in [2.45, 2.75) is 13.8 Å². The smallest absolute Gasteiger partial charge is 0.276 e. The summed E-state index contributed by atoms with van der Waals surface area (Å²) in [6.45, 7) is 4.97. The highest BCUT2D eigenvalue weighted by Gasteiger charge is 2.18. The Bertz CT molecular complexity index is 630. The van der Waals surface area contributed by atoms with Crippen LogP contribution in [-0.4, -0.2) is 24.0 Å². The van der Waals surface area contributed by atoms with Gasteiger partial charge in [-0.2, -0.15) is 0 Å². The molecule has 1 N–H and O–H groups in total. The fourth-order valence-electron chi connectivity index (χ4n) is 2.06. The minimum atomic E-state index is -0.367. The summed E-state index contributed by atoms with van der Waals surface area (Å²) in [6.07, 6.45) is 0. The van der Waals surface area contributed by atoms with Crippen LogP contribution in [0.3, 0.4) is 0 Å². The van der Waals surface area contributed by atoms with Crippen LogP contribution in [0.1, 0.15) is 24.3 Å². The van der Waals surface area contributed by atoms with Crippen LogP contribution >= 0.6 is 0 Å². The molecule has 1 aromatic heterocycles. The first kappa shape index (κ1) is 15.0. The third kappa shape index (κ3) is 3.56. The molecule has 5 heteroatoms. The highest BCUT2D eigenvalue weighted by molar-refractivity contribution is 6.04. The highest BCUT2D eigenvalue weighted by atomic mass is 19.1. The number of carbonyl (C=O) groups is 1. The van der Waals surface area contributed by atoms with Gasteiger partial charge < -0.3 is 10.2 Å². The predicted molar refractivity (Wildman–Crippen MR) is 82.2 cm³/mol. The molecule has 110 valence electrons. The summed E-state index contributed by atoms with van der Waals surface area (Å²) in [4.78, 5) is 18.3. The zero-order valence-corrected chi connectivity index (χ0v) is 12.1. The van der Waals surface area contributed by atoms with Crippen LogP contribution in [0.5, 0.6) is 0 Å². The SMILES string of the molecule is CCNc1cccc(C(=O)N(CC)c2cccc(F)c2)n1. The number of rotatable bonds is 5. The third-order valence-electron chi connectivity index (χ3n) is 3.01. The minimum absolute atomic E-state index is 0.247. The molecule has 2 rings (SSSR count). The van der Waals surface area contributed by atoms with Gasteiger partial charge in [0.1, 0.15) is 17.3 Å². The van der Waals surface area contributed by atoms with Gasteiger partial charge in [-0.3, -0.25) is 4.79 Å². The second kappa shape index (κ2) is 6.83. The number of anilines is 2. The maximum absolute atomic E-state index is 13.3. The lowest BCUT2D eigenvalue weighted by atomic mass is 10.2. The second-order valence-corrected chi connectivity index (χ2v) is 4.47. The van der Waals surface area contributed by atoms with Crippen molar-refractivity contribution in [3.05, 3.63) is 54.0 Å². The van der Waals surface area contributed by atoms with Crippen LogP contribution in [0, 0.1) is 5.82 Å². The molecular formula is C16H18FN3O. The Morgan fingerprint density at radius 2 is 2.00 bits per heavy atom. The molecule has 1 aromatic carbocycles. The summed E-state index contributed by atoms with van der Waals surface area (Å²) in [5.74, 6) is 0.0367. The lowest BCUT2D eigenvalue weighted by Crippen LogP contribution is -2.31. The molecule has 0 spiro atoms. The van der Waals surface area contributed by atoms with Crippen molar-refractivity contribution in [3.8, 4) is 0 Å². The van der Waals surface area contributed by atoms with E-state index in [-0.39, 0.29) is 11.7 Å². The third-order valence-corrected chi connectivity index (χ3v) is 3.01. The van der Waals surface area contributed by atoms with E-state index in [0.717, 1.165) is 6.54 Å². The molecule has 1 amide bonds. The molecule has 0 saturated carbocycles. The monoisotopic (exact) mass is 287 g/mol. The van der Waals surface area contributed by atoms with Gasteiger partial charge in [0, 0.05) is 18.8 Å². The zero-order chi connectivity index (χ0) is 15.2. The molecule has 0 aliphatic heterocycles. The quantitative estimate of drug-likeness (QED) is 0.917. The maximum atomic E-state index is 13.3. The number of carbonyl (C=O) groups excluding carboxylic acids is 1. The molecule has 21 heavy (non-hydrogen) atoms. The number of hydrogen-bond donors (Lipinski definition) is 1. The van der Waals surface area contributed by atoms with E-state index in [1.54, 1.807) is 30.3 Å². The largest absolute Gasteiger partial charge is 0.370 e. The summed E-state index contributed by atoms with van der Waals surface area (Å²) in [5, 5.41) is 3.07. The van der Waals surface area contributed by atoms with E-state index in [2.05, 4.69) is 10.3 Å². The fraction of sp³-hybridized carbons (Fsp3) is 0.250. The second-order valence-electron chi connectivity index (χ2n) is 4.47. The van der Waals surface area contributed by atoms with E-state index in [1.165, 1.54) is 17.0 Å². The van der Waals surface area contributed by atoms with Gasteiger partial charge in [-0.15, -0.1) is 0 Å². The van der Waals surface area contributed by atoms with Gasteiger partial charge in [0.25, 0.3) is 5.91 Å². The van der Waals surface area contributed by atoms with Gasteiger partial charge in [0.15, 0.2) is 0 Å². The molecule has 2 aromatic rings. The number of pyridine rings is 1. The first-order chi connectivity index (χ1) is 10.2. The summed E-state index contributed by atoms with van der Waals surface area (Å²) in [7, 11) is 0. The first-order valence-corrected chi connectivity index (χ1v) is 6.94. The normalized spacial score (nSPS) is 10.2. The zero-order valence-electron chi connectivity index (χ0n) is 12.1. The summed E-state index contributed by atoms with van der Waals surface area (Å²) in [6, 6.07) is 11.2. The molecule has 0 aliphatic carbocycles. The van der Waals surface area contributed by atoms with E-state index in [9.17, 15) is 9.18 Å². The van der Waals surface area contributed by atoms with Crippen molar-refractivity contribution >= 4 is 17.4 Å². The van der Waals surface area contributed by atoms with Crippen molar-refractivity contribution in [1.29, 1.82) is 0 Å². The number of benzene rings is 1. The summed E-state index contributed by atoms with van der Waals surface area (Å²) in [5.41, 5.74) is 0.859.